The predicted octanol–water partition coefficient (Wildman–Crippen LogP) is 2.41. The van der Waals surface area contributed by atoms with Gasteiger partial charge in [-0.1, -0.05) is 35.4 Å². The van der Waals surface area contributed by atoms with Crippen LogP contribution in [0.5, 0.6) is 0 Å². The summed E-state index contributed by atoms with van der Waals surface area (Å²) in [4.78, 5) is 41.9. The van der Waals surface area contributed by atoms with Gasteiger partial charge in [-0.15, -0.1) is 0 Å². The van der Waals surface area contributed by atoms with Crippen molar-refractivity contribution in [1.29, 1.82) is 0 Å². The maximum absolute atomic E-state index is 13.5. The molecule has 1 aliphatic heterocycles. The number of rotatable bonds is 6. The van der Waals surface area contributed by atoms with Gasteiger partial charge in [0.2, 0.25) is 15.2 Å². The minimum Gasteiger partial charge on any atom is -0.459 e. The molecule has 10 heteroatoms. The van der Waals surface area contributed by atoms with Crippen molar-refractivity contribution in [3.63, 3.8) is 0 Å². The molecule has 188 valence electrons. The number of nitrogens with zero attached hydrogens (tertiary/aromatic N) is 2. The second-order valence-electron chi connectivity index (χ2n) is 8.67. The number of carbonyl (C=O) groups is 3. The fourth-order valence-corrected chi connectivity index (χ4v) is 5.37. The molecule has 2 aromatic carbocycles. The highest BCUT2D eigenvalue weighted by Gasteiger charge is 2.40. The fourth-order valence-electron chi connectivity index (χ4n) is 3.91. The van der Waals surface area contributed by atoms with Crippen molar-refractivity contribution in [2.75, 3.05) is 26.2 Å². The SMILES string of the molecule is Cc1ccc(C(=O)N2CCN(C(=O)[C@H](NC(=O)c3ccco3)S(=O)(=O)c3ccc(C)cc3)CC2)cc1. The van der Waals surface area contributed by atoms with Crippen LogP contribution in [0.4, 0.5) is 0 Å². The van der Waals surface area contributed by atoms with Gasteiger partial charge in [0.1, 0.15) is 0 Å². The number of aryl methyl sites for hydroxylation is 2. The number of piperazine rings is 1. The largest absolute Gasteiger partial charge is 0.459 e. The second kappa shape index (κ2) is 10.4. The summed E-state index contributed by atoms with van der Waals surface area (Å²) in [5, 5.41) is 0.493. The number of benzene rings is 2. The highest BCUT2D eigenvalue weighted by molar-refractivity contribution is 7.92. The van der Waals surface area contributed by atoms with E-state index in [1.54, 1.807) is 29.2 Å². The Hall–Kier alpha value is -3.92. The van der Waals surface area contributed by atoms with Crippen molar-refractivity contribution in [2.24, 2.45) is 0 Å². The van der Waals surface area contributed by atoms with Crippen LogP contribution in [0.3, 0.4) is 0 Å². The zero-order valence-electron chi connectivity index (χ0n) is 20.0. The van der Waals surface area contributed by atoms with E-state index in [0.29, 0.717) is 5.56 Å². The fraction of sp³-hybridized carbons (Fsp3) is 0.269. The molecule has 36 heavy (non-hydrogen) atoms. The van der Waals surface area contributed by atoms with Crippen molar-refractivity contribution in [1.82, 2.24) is 15.1 Å². The molecule has 2 heterocycles. The van der Waals surface area contributed by atoms with Gasteiger partial charge in [-0.25, -0.2) is 8.42 Å². The Labute approximate surface area is 209 Å². The van der Waals surface area contributed by atoms with Crippen LogP contribution in [0.15, 0.2) is 76.2 Å². The first-order chi connectivity index (χ1) is 17.2. The minimum atomic E-state index is -4.27. The standard InChI is InChI=1S/C26H27N3O6S/c1-18-5-9-20(10-6-18)25(31)28-13-15-29(16-14-28)26(32)24(27-23(30)22-4-3-17-35-22)36(33,34)21-11-7-19(2)8-12-21/h3-12,17,24H,13-16H2,1-2H3,(H,27,30)/t24-/m1/s1. The summed E-state index contributed by atoms with van der Waals surface area (Å²) in [6, 6.07) is 16.1. The first-order valence-electron chi connectivity index (χ1n) is 11.5. The Morgan fingerprint density at radius 2 is 1.39 bits per heavy atom. The summed E-state index contributed by atoms with van der Waals surface area (Å²) in [6.07, 6.45) is 1.28. The van der Waals surface area contributed by atoms with Crippen molar-refractivity contribution < 1.29 is 27.2 Å². The van der Waals surface area contributed by atoms with Gasteiger partial charge in [0.15, 0.2) is 5.76 Å². The van der Waals surface area contributed by atoms with Gasteiger partial charge < -0.3 is 19.5 Å². The molecule has 0 saturated carbocycles. The molecule has 1 aromatic heterocycles. The lowest BCUT2D eigenvalue weighted by Gasteiger charge is -2.36. The van der Waals surface area contributed by atoms with E-state index in [2.05, 4.69) is 5.32 Å². The molecule has 1 fully saturated rings. The molecule has 3 aromatic rings. The quantitative estimate of drug-likeness (QED) is 0.546. The Kier molecular flexibility index (Phi) is 7.25. The van der Waals surface area contributed by atoms with Gasteiger partial charge in [-0.2, -0.15) is 0 Å². The van der Waals surface area contributed by atoms with E-state index < -0.39 is 27.0 Å². The maximum Gasteiger partial charge on any atom is 0.288 e. The van der Waals surface area contributed by atoms with Crippen molar-refractivity contribution in [3.05, 3.63) is 89.4 Å². The molecule has 3 amide bonds. The number of hydrogen-bond acceptors (Lipinski definition) is 6. The molecular formula is C26H27N3O6S. The third-order valence-electron chi connectivity index (χ3n) is 6.07. The Balaban J connectivity index is 1.53. The molecule has 0 unspecified atom stereocenters. The number of hydrogen-bond donors (Lipinski definition) is 1. The van der Waals surface area contributed by atoms with E-state index in [4.69, 9.17) is 4.42 Å². The Morgan fingerprint density at radius 3 is 1.94 bits per heavy atom. The number of carbonyl (C=O) groups excluding carboxylic acids is 3. The van der Waals surface area contributed by atoms with Gasteiger partial charge in [0.05, 0.1) is 11.2 Å². The molecule has 1 aliphatic rings. The lowest BCUT2D eigenvalue weighted by Crippen LogP contribution is -2.57. The number of nitrogens with one attached hydrogen (secondary N) is 1. The van der Waals surface area contributed by atoms with E-state index in [0.717, 1.165) is 11.1 Å². The second-order valence-corrected chi connectivity index (χ2v) is 10.7. The highest BCUT2D eigenvalue weighted by atomic mass is 32.2. The Bertz CT molecular complexity index is 1340. The van der Waals surface area contributed by atoms with Crippen LogP contribution in [0.2, 0.25) is 0 Å². The number of amides is 3. The van der Waals surface area contributed by atoms with Crippen LogP contribution >= 0.6 is 0 Å². The molecule has 4 rings (SSSR count). The smallest absolute Gasteiger partial charge is 0.288 e. The summed E-state index contributed by atoms with van der Waals surface area (Å²) >= 11 is 0. The molecule has 1 N–H and O–H groups in total. The lowest BCUT2D eigenvalue weighted by molar-refractivity contribution is -0.132. The summed E-state index contributed by atoms with van der Waals surface area (Å²) in [7, 11) is -4.27. The van der Waals surface area contributed by atoms with Gasteiger partial charge in [-0.3, -0.25) is 14.4 Å². The molecule has 0 bridgehead atoms. The average molecular weight is 510 g/mol. The molecule has 1 saturated heterocycles. The van der Waals surface area contributed by atoms with Crippen LogP contribution < -0.4 is 5.32 Å². The third kappa shape index (κ3) is 5.33. The van der Waals surface area contributed by atoms with Gasteiger partial charge in [0, 0.05) is 31.7 Å². The van der Waals surface area contributed by atoms with E-state index >= 15 is 0 Å². The zero-order valence-corrected chi connectivity index (χ0v) is 20.8. The molecule has 0 radical (unpaired) electrons. The summed E-state index contributed by atoms with van der Waals surface area (Å²) in [5.41, 5.74) is 2.44. The topological polar surface area (TPSA) is 117 Å². The first kappa shape index (κ1) is 25.2. The van der Waals surface area contributed by atoms with Crippen LogP contribution in [-0.4, -0.2) is 67.5 Å². The van der Waals surface area contributed by atoms with Crippen molar-refractivity contribution in [2.45, 2.75) is 24.1 Å². The monoisotopic (exact) mass is 509 g/mol. The lowest BCUT2D eigenvalue weighted by atomic mass is 10.1. The Morgan fingerprint density at radius 1 is 0.833 bits per heavy atom. The average Bonchev–Trinajstić information content (AvgIpc) is 3.42. The normalized spacial score (nSPS) is 14.8. The van der Waals surface area contributed by atoms with E-state index in [1.807, 2.05) is 26.0 Å². The van der Waals surface area contributed by atoms with Crippen molar-refractivity contribution in [3.8, 4) is 0 Å². The van der Waals surface area contributed by atoms with Crippen LogP contribution in [-0.2, 0) is 14.6 Å². The first-order valence-corrected chi connectivity index (χ1v) is 13.0. The number of sulfone groups is 1. The summed E-state index contributed by atoms with van der Waals surface area (Å²) < 4.78 is 32.0. The van der Waals surface area contributed by atoms with Gasteiger partial charge in [0.25, 0.3) is 17.7 Å². The van der Waals surface area contributed by atoms with E-state index in [-0.39, 0.29) is 42.7 Å². The van der Waals surface area contributed by atoms with Gasteiger partial charge >= 0.3 is 0 Å². The molecule has 1 atom stereocenters. The molecular weight excluding hydrogens is 482 g/mol. The highest BCUT2D eigenvalue weighted by Crippen LogP contribution is 2.19. The maximum atomic E-state index is 13.5. The van der Waals surface area contributed by atoms with E-state index in [9.17, 15) is 22.8 Å². The summed E-state index contributed by atoms with van der Waals surface area (Å²) in [5.74, 6) is -1.85. The molecule has 0 aliphatic carbocycles. The van der Waals surface area contributed by atoms with Crippen molar-refractivity contribution >= 4 is 27.6 Å². The molecule has 9 nitrogen and oxygen atoms in total. The predicted molar refractivity (Wildman–Crippen MR) is 132 cm³/mol. The summed E-state index contributed by atoms with van der Waals surface area (Å²) in [6.45, 7) is 4.49. The van der Waals surface area contributed by atoms with E-state index in [1.165, 1.54) is 35.4 Å². The van der Waals surface area contributed by atoms with Crippen LogP contribution in [0.1, 0.15) is 32.0 Å². The third-order valence-corrected chi connectivity index (χ3v) is 7.94. The molecule has 0 spiro atoms. The number of furan rings is 1. The van der Waals surface area contributed by atoms with Crippen LogP contribution in [0.25, 0.3) is 0 Å². The van der Waals surface area contributed by atoms with Crippen LogP contribution in [0, 0.1) is 13.8 Å². The zero-order chi connectivity index (χ0) is 25.9. The van der Waals surface area contributed by atoms with Gasteiger partial charge in [-0.05, 0) is 50.2 Å². The minimum absolute atomic E-state index is 0.0839.